The Morgan fingerprint density at radius 2 is 1.94 bits per heavy atom. The largest absolute Gasteiger partial charge is 0.458 e. The lowest BCUT2D eigenvalue weighted by atomic mass is 9.82. The van der Waals surface area contributed by atoms with Crippen LogP contribution in [0.2, 0.25) is 5.02 Å². The van der Waals surface area contributed by atoms with E-state index < -0.39 is 5.60 Å². The van der Waals surface area contributed by atoms with Crippen LogP contribution in [0.5, 0.6) is 0 Å². The fraction of sp³-hybridized carbons (Fsp3) is 0.357. The van der Waals surface area contributed by atoms with Crippen molar-refractivity contribution in [3.63, 3.8) is 0 Å². The number of hydrogen-bond acceptors (Lipinski definition) is 3. The Morgan fingerprint density at radius 3 is 2.67 bits per heavy atom. The molecule has 0 radical (unpaired) electrons. The number of rotatable bonds is 1. The lowest BCUT2D eigenvalue weighted by Crippen LogP contribution is -2.31. The molecule has 3 nitrogen and oxygen atoms in total. The van der Waals surface area contributed by atoms with Gasteiger partial charge < -0.3 is 9.52 Å². The molecular weight excluding hydrogens is 252 g/mol. The van der Waals surface area contributed by atoms with Gasteiger partial charge in [-0.3, -0.25) is 4.79 Å². The van der Waals surface area contributed by atoms with Crippen molar-refractivity contribution in [1.82, 2.24) is 0 Å². The summed E-state index contributed by atoms with van der Waals surface area (Å²) >= 11 is 5.92. The van der Waals surface area contributed by atoms with Crippen molar-refractivity contribution in [3.05, 3.63) is 35.0 Å². The Morgan fingerprint density at radius 1 is 1.22 bits per heavy atom. The second kappa shape index (κ2) is 4.11. The minimum absolute atomic E-state index is 0.207. The van der Waals surface area contributed by atoms with Crippen LogP contribution in [0.15, 0.2) is 28.7 Å². The molecule has 18 heavy (non-hydrogen) atoms. The maximum Gasteiger partial charge on any atom is 0.136 e. The van der Waals surface area contributed by atoms with E-state index in [1.807, 2.05) is 6.07 Å². The van der Waals surface area contributed by atoms with E-state index in [0.717, 1.165) is 5.39 Å². The van der Waals surface area contributed by atoms with Crippen molar-refractivity contribution >= 4 is 28.4 Å². The molecule has 1 saturated carbocycles. The number of ketones is 1. The van der Waals surface area contributed by atoms with Crippen LogP contribution in [0.1, 0.15) is 31.4 Å². The van der Waals surface area contributed by atoms with Gasteiger partial charge in [0.1, 0.15) is 22.7 Å². The van der Waals surface area contributed by atoms with Crippen LogP contribution in [0, 0.1) is 0 Å². The topological polar surface area (TPSA) is 50.4 Å². The highest BCUT2D eigenvalue weighted by molar-refractivity contribution is 6.31. The lowest BCUT2D eigenvalue weighted by molar-refractivity contribution is -0.126. The summed E-state index contributed by atoms with van der Waals surface area (Å²) in [5.74, 6) is 0.742. The minimum atomic E-state index is -1.01. The van der Waals surface area contributed by atoms with Crippen molar-refractivity contribution in [1.29, 1.82) is 0 Å². The molecule has 0 aliphatic heterocycles. The highest BCUT2D eigenvalue weighted by Gasteiger charge is 2.37. The van der Waals surface area contributed by atoms with Gasteiger partial charge in [0.2, 0.25) is 0 Å². The fourth-order valence-electron chi connectivity index (χ4n) is 2.43. The summed E-state index contributed by atoms with van der Waals surface area (Å²) in [5.41, 5.74) is -0.306. The van der Waals surface area contributed by atoms with Gasteiger partial charge in [-0.15, -0.1) is 0 Å². The number of aliphatic hydroxyl groups is 1. The number of fused-ring (bicyclic) bond motifs is 1. The Bertz CT molecular complexity index is 605. The number of Topliss-reactive ketones (excluding diaryl/α,β-unsaturated/α-hetero) is 1. The Balaban J connectivity index is 2.01. The highest BCUT2D eigenvalue weighted by Crippen LogP contribution is 2.38. The van der Waals surface area contributed by atoms with Gasteiger partial charge in [-0.25, -0.2) is 0 Å². The standard InChI is InChI=1S/C14H13ClO3/c15-10-1-2-12-9(7-10)8-13(18-12)14(17)5-3-11(16)4-6-14/h1-2,7-8,17H,3-6H2. The summed E-state index contributed by atoms with van der Waals surface area (Å²) < 4.78 is 5.68. The van der Waals surface area contributed by atoms with Gasteiger partial charge in [0.25, 0.3) is 0 Å². The number of carbonyl (C=O) groups excluding carboxylic acids is 1. The zero-order valence-electron chi connectivity index (χ0n) is 9.78. The van der Waals surface area contributed by atoms with E-state index in [9.17, 15) is 9.90 Å². The van der Waals surface area contributed by atoms with Crippen molar-refractivity contribution < 1.29 is 14.3 Å². The third-order valence-electron chi connectivity index (χ3n) is 3.57. The average Bonchev–Trinajstić information content (AvgIpc) is 2.77. The number of benzene rings is 1. The maximum absolute atomic E-state index is 11.2. The smallest absolute Gasteiger partial charge is 0.136 e. The summed E-state index contributed by atoms with van der Waals surface area (Å²) in [4.78, 5) is 11.2. The van der Waals surface area contributed by atoms with Gasteiger partial charge >= 0.3 is 0 Å². The second-order valence-electron chi connectivity index (χ2n) is 4.86. The molecule has 0 saturated heterocycles. The molecule has 1 aromatic heterocycles. The summed E-state index contributed by atoms with van der Waals surface area (Å²) in [6, 6.07) is 7.17. The van der Waals surface area contributed by atoms with Crippen LogP contribution in [-0.2, 0) is 10.4 Å². The molecule has 1 aromatic carbocycles. The average molecular weight is 265 g/mol. The predicted octanol–water partition coefficient (Wildman–Crippen LogP) is 3.42. The molecule has 1 aliphatic carbocycles. The van der Waals surface area contributed by atoms with Crippen LogP contribution in [0.4, 0.5) is 0 Å². The van der Waals surface area contributed by atoms with Gasteiger partial charge in [0.15, 0.2) is 0 Å². The first-order valence-electron chi connectivity index (χ1n) is 6.00. The van der Waals surface area contributed by atoms with Gasteiger partial charge in [-0.2, -0.15) is 0 Å². The van der Waals surface area contributed by atoms with E-state index in [-0.39, 0.29) is 5.78 Å². The summed E-state index contributed by atoms with van der Waals surface area (Å²) in [6.45, 7) is 0. The molecular formula is C14H13ClO3. The first-order valence-corrected chi connectivity index (χ1v) is 6.38. The predicted molar refractivity (Wildman–Crippen MR) is 68.6 cm³/mol. The molecule has 2 aromatic rings. The van der Waals surface area contributed by atoms with Gasteiger partial charge in [-0.1, -0.05) is 11.6 Å². The van der Waals surface area contributed by atoms with Crippen molar-refractivity contribution in [2.24, 2.45) is 0 Å². The molecule has 1 aliphatic rings. The van der Waals surface area contributed by atoms with E-state index in [1.165, 1.54) is 0 Å². The molecule has 0 bridgehead atoms. The van der Waals surface area contributed by atoms with Crippen LogP contribution in [0.3, 0.4) is 0 Å². The maximum atomic E-state index is 11.2. The van der Waals surface area contributed by atoms with E-state index in [1.54, 1.807) is 18.2 Å². The van der Waals surface area contributed by atoms with Gasteiger partial charge in [-0.05, 0) is 37.1 Å². The summed E-state index contributed by atoms with van der Waals surface area (Å²) in [6.07, 6.45) is 1.68. The van der Waals surface area contributed by atoms with Crippen molar-refractivity contribution in [2.45, 2.75) is 31.3 Å². The van der Waals surface area contributed by atoms with E-state index >= 15 is 0 Å². The number of carbonyl (C=O) groups is 1. The van der Waals surface area contributed by atoms with Crippen LogP contribution in [-0.4, -0.2) is 10.9 Å². The van der Waals surface area contributed by atoms with E-state index in [0.29, 0.717) is 42.0 Å². The number of halogens is 1. The van der Waals surface area contributed by atoms with Crippen LogP contribution < -0.4 is 0 Å². The first-order chi connectivity index (χ1) is 8.57. The second-order valence-corrected chi connectivity index (χ2v) is 5.30. The normalized spacial score (nSPS) is 19.3. The molecule has 1 N–H and O–H groups in total. The van der Waals surface area contributed by atoms with E-state index in [2.05, 4.69) is 0 Å². The first kappa shape index (κ1) is 11.8. The Labute approximate surface area is 109 Å². The molecule has 0 unspecified atom stereocenters. The quantitative estimate of drug-likeness (QED) is 0.859. The SMILES string of the molecule is O=C1CCC(O)(c2cc3cc(Cl)ccc3o2)CC1. The Kier molecular flexibility index (Phi) is 2.68. The molecule has 0 atom stereocenters. The summed E-state index contributed by atoms with van der Waals surface area (Å²) in [5, 5.41) is 12.1. The Hall–Kier alpha value is -1.32. The number of hydrogen-bond donors (Lipinski definition) is 1. The molecule has 0 amide bonds. The fourth-order valence-corrected chi connectivity index (χ4v) is 2.61. The van der Waals surface area contributed by atoms with Crippen LogP contribution in [0.25, 0.3) is 11.0 Å². The minimum Gasteiger partial charge on any atom is -0.458 e. The third-order valence-corrected chi connectivity index (χ3v) is 3.81. The molecule has 1 heterocycles. The van der Waals surface area contributed by atoms with E-state index in [4.69, 9.17) is 16.0 Å². The highest BCUT2D eigenvalue weighted by atomic mass is 35.5. The van der Waals surface area contributed by atoms with Crippen molar-refractivity contribution in [2.75, 3.05) is 0 Å². The zero-order valence-corrected chi connectivity index (χ0v) is 10.5. The van der Waals surface area contributed by atoms with Gasteiger partial charge in [0, 0.05) is 23.3 Å². The van der Waals surface area contributed by atoms with Crippen LogP contribution >= 0.6 is 11.6 Å². The number of furan rings is 1. The third kappa shape index (κ3) is 1.93. The molecule has 3 rings (SSSR count). The molecule has 4 heteroatoms. The van der Waals surface area contributed by atoms with Crippen molar-refractivity contribution in [3.8, 4) is 0 Å². The molecule has 94 valence electrons. The molecule has 0 spiro atoms. The zero-order chi connectivity index (χ0) is 12.8. The molecule has 1 fully saturated rings. The summed E-state index contributed by atoms with van der Waals surface area (Å²) in [7, 11) is 0. The lowest BCUT2D eigenvalue weighted by Gasteiger charge is -2.29. The van der Waals surface area contributed by atoms with Gasteiger partial charge in [0.05, 0.1) is 0 Å². The monoisotopic (exact) mass is 264 g/mol.